The van der Waals surface area contributed by atoms with Crippen molar-refractivity contribution in [2.24, 2.45) is 0 Å². The summed E-state index contributed by atoms with van der Waals surface area (Å²) < 4.78 is 4.82. The molecule has 3 heteroatoms. The number of ether oxygens (including phenoxy) is 1. The standard InChI is InChI=1S/C16H18O3/c1-2-19-16(18)11-15(17)10-12-7-8-13-5-3-4-6-14(13)9-12/h3-9,15,17H,2,10-11H2,1H3/t15-/m1/s1. The highest BCUT2D eigenvalue weighted by atomic mass is 16.5. The fourth-order valence-corrected chi connectivity index (χ4v) is 2.12. The number of rotatable bonds is 5. The van der Waals surface area contributed by atoms with E-state index in [-0.39, 0.29) is 12.4 Å². The van der Waals surface area contributed by atoms with E-state index in [1.165, 1.54) is 5.39 Å². The Labute approximate surface area is 112 Å². The van der Waals surface area contributed by atoms with E-state index >= 15 is 0 Å². The molecule has 0 radical (unpaired) electrons. The molecule has 1 N–H and O–H groups in total. The maximum Gasteiger partial charge on any atom is 0.308 e. The first-order valence-electron chi connectivity index (χ1n) is 6.50. The SMILES string of the molecule is CCOC(=O)C[C@H](O)Cc1ccc2ccccc2c1. The smallest absolute Gasteiger partial charge is 0.308 e. The predicted molar refractivity (Wildman–Crippen MR) is 74.9 cm³/mol. The molecular weight excluding hydrogens is 240 g/mol. The lowest BCUT2D eigenvalue weighted by molar-refractivity contribution is -0.145. The summed E-state index contributed by atoms with van der Waals surface area (Å²) in [7, 11) is 0. The fourth-order valence-electron chi connectivity index (χ4n) is 2.12. The molecule has 0 aliphatic carbocycles. The van der Waals surface area contributed by atoms with Gasteiger partial charge in [0.1, 0.15) is 0 Å². The van der Waals surface area contributed by atoms with Crippen LogP contribution in [0, 0.1) is 0 Å². The Morgan fingerprint density at radius 1 is 1.21 bits per heavy atom. The quantitative estimate of drug-likeness (QED) is 0.839. The number of aliphatic hydroxyl groups excluding tert-OH is 1. The van der Waals surface area contributed by atoms with Gasteiger partial charge in [-0.2, -0.15) is 0 Å². The molecule has 0 aliphatic heterocycles. The monoisotopic (exact) mass is 258 g/mol. The Hall–Kier alpha value is -1.87. The molecule has 0 unspecified atom stereocenters. The summed E-state index contributed by atoms with van der Waals surface area (Å²) in [5.41, 5.74) is 1.02. The Kier molecular flexibility index (Phi) is 4.53. The minimum Gasteiger partial charge on any atom is -0.466 e. The van der Waals surface area contributed by atoms with Gasteiger partial charge in [-0.1, -0.05) is 42.5 Å². The number of esters is 1. The normalized spacial score (nSPS) is 12.3. The lowest BCUT2D eigenvalue weighted by atomic mass is 10.0. The number of carbonyl (C=O) groups is 1. The first kappa shape index (κ1) is 13.6. The highest BCUT2D eigenvalue weighted by molar-refractivity contribution is 5.83. The molecule has 0 aromatic heterocycles. The van der Waals surface area contributed by atoms with E-state index in [9.17, 15) is 9.90 Å². The third-order valence-corrected chi connectivity index (χ3v) is 2.99. The van der Waals surface area contributed by atoms with Gasteiger partial charge in [0, 0.05) is 0 Å². The maximum atomic E-state index is 11.3. The number of aliphatic hydroxyl groups is 1. The topological polar surface area (TPSA) is 46.5 Å². The van der Waals surface area contributed by atoms with E-state index in [1.807, 2.05) is 42.5 Å². The molecule has 100 valence electrons. The lowest BCUT2D eigenvalue weighted by Gasteiger charge is -2.10. The van der Waals surface area contributed by atoms with Crippen LogP contribution in [0.2, 0.25) is 0 Å². The zero-order valence-corrected chi connectivity index (χ0v) is 11.0. The van der Waals surface area contributed by atoms with Crippen molar-refractivity contribution in [2.45, 2.75) is 25.9 Å². The molecule has 0 fully saturated rings. The van der Waals surface area contributed by atoms with Crippen LogP contribution in [0.3, 0.4) is 0 Å². The van der Waals surface area contributed by atoms with Crippen LogP contribution in [0.15, 0.2) is 42.5 Å². The van der Waals surface area contributed by atoms with Gasteiger partial charge in [0.25, 0.3) is 0 Å². The molecule has 0 spiro atoms. The van der Waals surface area contributed by atoms with Gasteiger partial charge in [0.2, 0.25) is 0 Å². The average Bonchev–Trinajstić information content (AvgIpc) is 2.38. The highest BCUT2D eigenvalue weighted by Crippen LogP contribution is 2.17. The Morgan fingerprint density at radius 3 is 2.68 bits per heavy atom. The molecular formula is C16H18O3. The summed E-state index contributed by atoms with van der Waals surface area (Å²) >= 11 is 0. The molecule has 0 heterocycles. The number of fused-ring (bicyclic) bond motifs is 1. The number of hydrogen-bond donors (Lipinski definition) is 1. The Balaban J connectivity index is 2.02. The van der Waals surface area contributed by atoms with Crippen molar-refractivity contribution in [2.75, 3.05) is 6.61 Å². The number of hydrogen-bond acceptors (Lipinski definition) is 3. The molecule has 0 aliphatic rings. The molecule has 19 heavy (non-hydrogen) atoms. The zero-order chi connectivity index (χ0) is 13.7. The summed E-state index contributed by atoms with van der Waals surface area (Å²) in [6, 6.07) is 14.1. The van der Waals surface area contributed by atoms with E-state index in [0.717, 1.165) is 10.9 Å². The van der Waals surface area contributed by atoms with Crippen molar-refractivity contribution in [3.8, 4) is 0 Å². The second-order valence-corrected chi connectivity index (χ2v) is 4.55. The molecule has 0 bridgehead atoms. The van der Waals surface area contributed by atoms with Crippen LogP contribution >= 0.6 is 0 Å². The predicted octanol–water partition coefficient (Wildman–Crippen LogP) is 2.70. The van der Waals surface area contributed by atoms with Crippen LogP contribution in [0.5, 0.6) is 0 Å². The van der Waals surface area contributed by atoms with Gasteiger partial charge >= 0.3 is 5.97 Å². The van der Waals surface area contributed by atoms with E-state index in [4.69, 9.17) is 4.74 Å². The van der Waals surface area contributed by atoms with Crippen LogP contribution in [-0.2, 0) is 16.0 Å². The molecule has 2 aromatic carbocycles. The van der Waals surface area contributed by atoms with Crippen LogP contribution < -0.4 is 0 Å². The molecule has 1 atom stereocenters. The molecule has 0 amide bonds. The van der Waals surface area contributed by atoms with Crippen molar-refractivity contribution >= 4 is 16.7 Å². The summed E-state index contributed by atoms with van der Waals surface area (Å²) in [6.45, 7) is 2.11. The molecule has 0 saturated heterocycles. The van der Waals surface area contributed by atoms with E-state index in [0.29, 0.717) is 13.0 Å². The van der Waals surface area contributed by atoms with Crippen LogP contribution in [0.25, 0.3) is 10.8 Å². The summed E-state index contributed by atoms with van der Waals surface area (Å²) in [5.74, 6) is -0.351. The van der Waals surface area contributed by atoms with Crippen molar-refractivity contribution in [1.29, 1.82) is 0 Å². The summed E-state index contributed by atoms with van der Waals surface area (Å²) in [6.07, 6.45) is -0.190. The lowest BCUT2D eigenvalue weighted by Crippen LogP contribution is -2.18. The second kappa shape index (κ2) is 6.34. The zero-order valence-electron chi connectivity index (χ0n) is 11.0. The first-order chi connectivity index (χ1) is 9.19. The average molecular weight is 258 g/mol. The van der Waals surface area contributed by atoms with Gasteiger partial charge in [-0.3, -0.25) is 4.79 Å². The minimum atomic E-state index is -0.694. The van der Waals surface area contributed by atoms with Crippen molar-refractivity contribution < 1.29 is 14.6 Å². The second-order valence-electron chi connectivity index (χ2n) is 4.55. The van der Waals surface area contributed by atoms with Crippen molar-refractivity contribution in [1.82, 2.24) is 0 Å². The largest absolute Gasteiger partial charge is 0.466 e. The number of carbonyl (C=O) groups excluding carboxylic acids is 1. The van der Waals surface area contributed by atoms with Gasteiger partial charge in [0.15, 0.2) is 0 Å². The van der Waals surface area contributed by atoms with E-state index < -0.39 is 6.10 Å². The maximum absolute atomic E-state index is 11.3. The minimum absolute atomic E-state index is 0.0423. The fraction of sp³-hybridized carbons (Fsp3) is 0.312. The summed E-state index contributed by atoms with van der Waals surface area (Å²) in [4.78, 5) is 11.3. The van der Waals surface area contributed by atoms with Crippen molar-refractivity contribution in [3.05, 3.63) is 48.0 Å². The van der Waals surface area contributed by atoms with Crippen LogP contribution in [0.1, 0.15) is 18.9 Å². The van der Waals surface area contributed by atoms with Gasteiger partial charge in [0.05, 0.1) is 19.1 Å². The Bertz CT molecular complexity index is 563. The number of benzene rings is 2. The van der Waals surface area contributed by atoms with E-state index in [2.05, 4.69) is 0 Å². The molecule has 2 rings (SSSR count). The van der Waals surface area contributed by atoms with E-state index in [1.54, 1.807) is 6.92 Å². The molecule has 2 aromatic rings. The van der Waals surface area contributed by atoms with Gasteiger partial charge in [-0.15, -0.1) is 0 Å². The molecule has 3 nitrogen and oxygen atoms in total. The highest BCUT2D eigenvalue weighted by Gasteiger charge is 2.12. The van der Waals surface area contributed by atoms with Gasteiger partial charge < -0.3 is 9.84 Å². The van der Waals surface area contributed by atoms with Crippen LogP contribution in [0.4, 0.5) is 0 Å². The molecule has 0 saturated carbocycles. The van der Waals surface area contributed by atoms with Gasteiger partial charge in [-0.05, 0) is 29.7 Å². The third-order valence-electron chi connectivity index (χ3n) is 2.99. The van der Waals surface area contributed by atoms with Gasteiger partial charge in [-0.25, -0.2) is 0 Å². The Morgan fingerprint density at radius 2 is 1.95 bits per heavy atom. The van der Waals surface area contributed by atoms with Crippen molar-refractivity contribution in [3.63, 3.8) is 0 Å². The third kappa shape index (κ3) is 3.80. The summed E-state index contributed by atoms with van der Waals surface area (Å²) in [5, 5.41) is 12.2. The van der Waals surface area contributed by atoms with Crippen LogP contribution in [-0.4, -0.2) is 23.8 Å². The first-order valence-corrected chi connectivity index (χ1v) is 6.50.